The van der Waals surface area contributed by atoms with Gasteiger partial charge in [-0.2, -0.15) is 0 Å². The Morgan fingerprint density at radius 1 is 1.57 bits per heavy atom. The van der Waals surface area contributed by atoms with E-state index in [1.807, 2.05) is 0 Å². The summed E-state index contributed by atoms with van der Waals surface area (Å²) < 4.78 is 27.6. The van der Waals surface area contributed by atoms with Gasteiger partial charge in [0.25, 0.3) is 0 Å². The molecule has 0 rings (SSSR count). The Labute approximate surface area is 44.0 Å². The summed E-state index contributed by atoms with van der Waals surface area (Å²) in [6.45, 7) is 1.69. The molecule has 0 bridgehead atoms. The molecule has 0 atom stereocenters. The highest BCUT2D eigenvalue weighted by atomic mass is 32.3. The minimum absolute atomic E-state index is 0.132. The van der Waals surface area contributed by atoms with Gasteiger partial charge in [0, 0.05) is 0 Å². The molecule has 0 unspecified atom stereocenters. The van der Waals surface area contributed by atoms with Gasteiger partial charge in [0.1, 0.15) is 0 Å². The van der Waals surface area contributed by atoms with Crippen LogP contribution in [0.15, 0.2) is 0 Å². The second kappa shape index (κ2) is 2.49. The minimum atomic E-state index is -3.67. The number of hydrogen-bond donors (Lipinski definition) is 2. The standard InChI is InChI=1S/C3H9FO2S/c1-2-3-7(4,5)6/h5-6H,2-3H2,1H3. The van der Waals surface area contributed by atoms with E-state index in [4.69, 9.17) is 9.11 Å². The Kier molecular flexibility index (Phi) is 2.56. The Morgan fingerprint density at radius 2 is 2.00 bits per heavy atom. The zero-order chi connectivity index (χ0) is 5.91. The fraction of sp³-hybridized carbons (Fsp3) is 1.00. The first-order valence-electron chi connectivity index (χ1n) is 2.02. The second-order valence-electron chi connectivity index (χ2n) is 1.29. The van der Waals surface area contributed by atoms with Crippen LogP contribution in [0.3, 0.4) is 0 Å². The van der Waals surface area contributed by atoms with Gasteiger partial charge < -0.3 is 0 Å². The first-order chi connectivity index (χ1) is 3.06. The zero-order valence-corrected chi connectivity index (χ0v) is 4.91. The molecular formula is C3H9FO2S. The number of halogens is 1. The van der Waals surface area contributed by atoms with Crippen LogP contribution in [-0.4, -0.2) is 14.9 Å². The molecule has 0 radical (unpaired) electrons. The lowest BCUT2D eigenvalue weighted by atomic mass is 10.6. The normalized spacial score (nSPS) is 14.3. The molecular weight excluding hydrogens is 119 g/mol. The predicted octanol–water partition coefficient (Wildman–Crippen LogP) is 2.03. The molecule has 46 valence electrons. The molecule has 0 aliphatic heterocycles. The van der Waals surface area contributed by atoms with E-state index in [2.05, 4.69) is 0 Å². The monoisotopic (exact) mass is 128 g/mol. The van der Waals surface area contributed by atoms with Gasteiger partial charge in [0.2, 0.25) is 0 Å². The third kappa shape index (κ3) is 6.20. The quantitative estimate of drug-likeness (QED) is 0.597. The third-order valence-corrected chi connectivity index (χ3v) is 1.39. The van der Waals surface area contributed by atoms with Crippen molar-refractivity contribution in [3.05, 3.63) is 0 Å². The van der Waals surface area contributed by atoms with Crippen LogP contribution < -0.4 is 0 Å². The SMILES string of the molecule is CCCS(O)(O)F. The van der Waals surface area contributed by atoms with E-state index in [0.29, 0.717) is 6.42 Å². The van der Waals surface area contributed by atoms with Crippen molar-refractivity contribution in [2.45, 2.75) is 13.3 Å². The van der Waals surface area contributed by atoms with Crippen molar-refractivity contribution in [1.82, 2.24) is 0 Å². The molecule has 0 saturated carbocycles. The van der Waals surface area contributed by atoms with E-state index in [9.17, 15) is 3.89 Å². The predicted molar refractivity (Wildman–Crippen MR) is 29.1 cm³/mol. The van der Waals surface area contributed by atoms with Crippen molar-refractivity contribution < 1.29 is 13.0 Å². The van der Waals surface area contributed by atoms with Gasteiger partial charge in [-0.25, -0.2) is 0 Å². The van der Waals surface area contributed by atoms with Gasteiger partial charge in [-0.1, -0.05) is 10.8 Å². The van der Waals surface area contributed by atoms with Crippen molar-refractivity contribution in [1.29, 1.82) is 0 Å². The van der Waals surface area contributed by atoms with Crippen LogP contribution in [0.25, 0.3) is 0 Å². The first-order valence-corrected chi connectivity index (χ1v) is 3.63. The molecule has 2 N–H and O–H groups in total. The van der Waals surface area contributed by atoms with Gasteiger partial charge in [-0.15, -0.1) is 0 Å². The lowest BCUT2D eigenvalue weighted by Crippen LogP contribution is -1.92. The van der Waals surface area contributed by atoms with E-state index >= 15 is 0 Å². The number of hydrogen-bond acceptors (Lipinski definition) is 2. The van der Waals surface area contributed by atoms with Gasteiger partial charge in [-0.05, 0) is 17.4 Å². The summed E-state index contributed by atoms with van der Waals surface area (Å²) in [5.41, 5.74) is 0. The van der Waals surface area contributed by atoms with Gasteiger partial charge in [0.15, 0.2) is 0 Å². The average molecular weight is 128 g/mol. The maximum Gasteiger partial charge on any atom is 0.0683 e. The van der Waals surface area contributed by atoms with Crippen LogP contribution in [0.5, 0.6) is 0 Å². The topological polar surface area (TPSA) is 40.5 Å². The molecule has 0 aliphatic carbocycles. The Bertz CT molecular complexity index is 51.4. The number of rotatable bonds is 2. The van der Waals surface area contributed by atoms with E-state index in [0.717, 1.165) is 0 Å². The van der Waals surface area contributed by atoms with Crippen LogP contribution >= 0.6 is 11.0 Å². The maximum atomic E-state index is 11.6. The van der Waals surface area contributed by atoms with Crippen molar-refractivity contribution in [3.8, 4) is 0 Å². The van der Waals surface area contributed by atoms with Crippen LogP contribution in [0.4, 0.5) is 3.89 Å². The van der Waals surface area contributed by atoms with Crippen LogP contribution in [-0.2, 0) is 0 Å². The Hall–Kier alpha value is 0.200. The van der Waals surface area contributed by atoms with Crippen LogP contribution in [0.2, 0.25) is 0 Å². The zero-order valence-electron chi connectivity index (χ0n) is 4.09. The van der Waals surface area contributed by atoms with E-state index < -0.39 is 11.0 Å². The summed E-state index contributed by atoms with van der Waals surface area (Å²) in [5, 5.41) is 0. The molecule has 0 aliphatic rings. The Balaban J connectivity index is 3.15. The highest BCUT2D eigenvalue weighted by Crippen LogP contribution is 2.39. The molecule has 0 amide bonds. The summed E-state index contributed by atoms with van der Waals surface area (Å²) in [4.78, 5) is 0. The molecule has 7 heavy (non-hydrogen) atoms. The van der Waals surface area contributed by atoms with Gasteiger partial charge in [-0.3, -0.25) is 9.11 Å². The van der Waals surface area contributed by atoms with Gasteiger partial charge >= 0.3 is 0 Å². The van der Waals surface area contributed by atoms with Crippen LogP contribution in [0.1, 0.15) is 13.3 Å². The molecule has 4 heteroatoms. The van der Waals surface area contributed by atoms with E-state index in [1.165, 1.54) is 0 Å². The summed E-state index contributed by atoms with van der Waals surface area (Å²) in [5.74, 6) is -0.132. The summed E-state index contributed by atoms with van der Waals surface area (Å²) in [6, 6.07) is 0. The molecule has 0 aromatic carbocycles. The molecule has 2 nitrogen and oxygen atoms in total. The summed E-state index contributed by atoms with van der Waals surface area (Å²) in [6.07, 6.45) is 0.471. The summed E-state index contributed by atoms with van der Waals surface area (Å²) >= 11 is 0. The van der Waals surface area contributed by atoms with Crippen molar-refractivity contribution in [3.63, 3.8) is 0 Å². The highest BCUT2D eigenvalue weighted by Gasteiger charge is 2.04. The third-order valence-electron chi connectivity index (χ3n) is 0.464. The fourth-order valence-corrected chi connectivity index (χ4v) is 0.779. The Morgan fingerprint density at radius 3 is 2.00 bits per heavy atom. The molecule has 0 spiro atoms. The largest absolute Gasteiger partial charge is 0.274 e. The van der Waals surface area contributed by atoms with Crippen molar-refractivity contribution in [2.75, 3.05) is 5.75 Å². The first kappa shape index (κ1) is 7.20. The lowest BCUT2D eigenvalue weighted by molar-refractivity contribution is 0.433. The van der Waals surface area contributed by atoms with Crippen LogP contribution in [0, 0.1) is 0 Å². The minimum Gasteiger partial charge on any atom is -0.274 e. The second-order valence-corrected chi connectivity index (χ2v) is 2.87. The molecule has 0 aromatic rings. The molecule has 0 saturated heterocycles. The van der Waals surface area contributed by atoms with Crippen molar-refractivity contribution in [2.24, 2.45) is 0 Å². The maximum absolute atomic E-state index is 11.6. The average Bonchev–Trinajstić information content (AvgIpc) is 1.30. The lowest BCUT2D eigenvalue weighted by Gasteiger charge is -2.18. The molecule has 0 aromatic heterocycles. The molecule has 0 fully saturated rings. The van der Waals surface area contributed by atoms with E-state index in [1.54, 1.807) is 6.92 Å². The molecule has 0 heterocycles. The van der Waals surface area contributed by atoms with Gasteiger partial charge in [0.05, 0.1) is 5.75 Å². The van der Waals surface area contributed by atoms with Crippen molar-refractivity contribution >= 4 is 11.0 Å². The van der Waals surface area contributed by atoms with E-state index in [-0.39, 0.29) is 5.75 Å². The smallest absolute Gasteiger partial charge is 0.0683 e. The fourth-order valence-electron chi connectivity index (χ4n) is 0.260. The summed E-state index contributed by atoms with van der Waals surface area (Å²) in [7, 11) is -3.67. The highest BCUT2D eigenvalue weighted by molar-refractivity contribution is 8.19.